The molecule has 2 unspecified atom stereocenters. The molecule has 0 saturated carbocycles. The number of likely N-dealkylation sites (tertiary alicyclic amines) is 1. The van der Waals surface area contributed by atoms with Crippen LogP contribution in [0.15, 0.2) is 59.4 Å². The maximum Gasteiger partial charge on any atom is 0.274 e. The summed E-state index contributed by atoms with van der Waals surface area (Å²) in [6, 6.07) is 17.7. The van der Waals surface area contributed by atoms with Crippen molar-refractivity contribution in [2.75, 3.05) is 13.1 Å². The van der Waals surface area contributed by atoms with Crippen LogP contribution >= 0.6 is 0 Å². The highest BCUT2D eigenvalue weighted by molar-refractivity contribution is 5.95. The molecule has 4 rings (SSSR count). The predicted molar refractivity (Wildman–Crippen MR) is 119 cm³/mol. The minimum Gasteiger partial charge on any atom is -0.346 e. The zero-order valence-corrected chi connectivity index (χ0v) is 17.8. The Morgan fingerprint density at radius 1 is 1.10 bits per heavy atom. The lowest BCUT2D eigenvalue weighted by atomic mass is 9.97. The first-order valence-corrected chi connectivity index (χ1v) is 10.6. The smallest absolute Gasteiger partial charge is 0.274 e. The van der Waals surface area contributed by atoms with Gasteiger partial charge in [-0.15, -0.1) is 10.2 Å². The normalized spacial score (nSPS) is 18.8. The number of rotatable bonds is 6. The SMILES string of the molecule is Cc1ccccc1C(=O)NCc1nnc(C2CN(Cc3ccccc3)CC2C)[nH]c1=O. The Balaban J connectivity index is 1.40. The van der Waals surface area contributed by atoms with Crippen LogP contribution in [0.1, 0.15) is 45.8 Å². The van der Waals surface area contributed by atoms with Crippen LogP contribution < -0.4 is 10.9 Å². The number of aromatic amines is 1. The van der Waals surface area contributed by atoms with Crippen molar-refractivity contribution < 1.29 is 4.79 Å². The van der Waals surface area contributed by atoms with Crippen molar-refractivity contribution in [3.63, 3.8) is 0 Å². The molecule has 0 radical (unpaired) electrons. The highest BCUT2D eigenvalue weighted by Gasteiger charge is 2.32. The van der Waals surface area contributed by atoms with Crippen molar-refractivity contribution in [2.45, 2.75) is 32.9 Å². The van der Waals surface area contributed by atoms with Crippen molar-refractivity contribution >= 4 is 5.91 Å². The average Bonchev–Trinajstić information content (AvgIpc) is 3.13. The van der Waals surface area contributed by atoms with Crippen molar-refractivity contribution in [1.82, 2.24) is 25.4 Å². The Morgan fingerprint density at radius 2 is 1.84 bits per heavy atom. The third kappa shape index (κ3) is 4.88. The van der Waals surface area contributed by atoms with Gasteiger partial charge in [-0.3, -0.25) is 14.5 Å². The summed E-state index contributed by atoms with van der Waals surface area (Å²) in [7, 11) is 0. The first-order chi connectivity index (χ1) is 15.0. The standard InChI is InChI=1S/C24H27N5O2/c1-16-8-6-7-11-19(16)23(30)25-12-21-24(31)26-22(28-27-21)20-15-29(13-17(20)2)14-18-9-4-3-5-10-18/h3-11,17,20H,12-15H2,1-2H3,(H,25,30)(H,26,28,31). The summed E-state index contributed by atoms with van der Waals surface area (Å²) in [6.07, 6.45) is 0. The second-order valence-corrected chi connectivity index (χ2v) is 8.25. The van der Waals surface area contributed by atoms with Gasteiger partial charge in [0.05, 0.1) is 6.54 Å². The lowest BCUT2D eigenvalue weighted by molar-refractivity contribution is 0.0949. The highest BCUT2D eigenvalue weighted by atomic mass is 16.2. The molecule has 31 heavy (non-hydrogen) atoms. The van der Waals surface area contributed by atoms with E-state index in [2.05, 4.69) is 44.5 Å². The summed E-state index contributed by atoms with van der Waals surface area (Å²) in [5.41, 5.74) is 2.64. The summed E-state index contributed by atoms with van der Waals surface area (Å²) in [5, 5.41) is 11.2. The zero-order chi connectivity index (χ0) is 21.8. The van der Waals surface area contributed by atoms with Gasteiger partial charge in [-0.05, 0) is 30.0 Å². The fourth-order valence-corrected chi connectivity index (χ4v) is 4.14. The molecule has 3 aromatic rings. The van der Waals surface area contributed by atoms with Gasteiger partial charge in [0.2, 0.25) is 0 Å². The molecule has 2 atom stereocenters. The Hall–Kier alpha value is -3.32. The summed E-state index contributed by atoms with van der Waals surface area (Å²) in [4.78, 5) is 30.2. The molecule has 2 heterocycles. The zero-order valence-electron chi connectivity index (χ0n) is 17.8. The molecule has 2 N–H and O–H groups in total. The van der Waals surface area contributed by atoms with Crippen molar-refractivity contribution in [2.24, 2.45) is 5.92 Å². The Labute approximate surface area is 181 Å². The molecule has 160 valence electrons. The Morgan fingerprint density at radius 3 is 2.58 bits per heavy atom. The van der Waals surface area contributed by atoms with Crippen LogP contribution in [-0.2, 0) is 13.1 Å². The molecule has 1 fully saturated rings. The van der Waals surface area contributed by atoms with Gasteiger partial charge in [0, 0.05) is 31.1 Å². The molecule has 7 heteroatoms. The number of aryl methyl sites for hydroxylation is 1. The summed E-state index contributed by atoms with van der Waals surface area (Å²) in [6.45, 7) is 6.73. The third-order valence-corrected chi connectivity index (χ3v) is 5.88. The molecule has 1 amide bonds. The molecule has 1 aromatic heterocycles. The minimum atomic E-state index is -0.302. The van der Waals surface area contributed by atoms with E-state index in [9.17, 15) is 9.59 Å². The van der Waals surface area contributed by atoms with Crippen LogP contribution in [0.2, 0.25) is 0 Å². The van der Waals surface area contributed by atoms with E-state index in [0.29, 0.717) is 17.3 Å². The maximum atomic E-state index is 12.6. The highest BCUT2D eigenvalue weighted by Crippen LogP contribution is 2.30. The van der Waals surface area contributed by atoms with Gasteiger partial charge >= 0.3 is 0 Å². The van der Waals surface area contributed by atoms with Crippen LogP contribution in [-0.4, -0.2) is 39.1 Å². The Kier molecular flexibility index (Phi) is 6.23. The number of aromatic nitrogens is 3. The third-order valence-electron chi connectivity index (χ3n) is 5.88. The lowest BCUT2D eigenvalue weighted by Crippen LogP contribution is -2.30. The fourth-order valence-electron chi connectivity index (χ4n) is 4.14. The number of nitrogens with zero attached hydrogens (tertiary/aromatic N) is 3. The van der Waals surface area contributed by atoms with E-state index >= 15 is 0 Å². The van der Waals surface area contributed by atoms with E-state index in [1.807, 2.05) is 43.3 Å². The second kappa shape index (κ2) is 9.22. The van der Waals surface area contributed by atoms with Gasteiger partial charge < -0.3 is 10.3 Å². The molecule has 1 aliphatic rings. The average molecular weight is 418 g/mol. The maximum absolute atomic E-state index is 12.6. The summed E-state index contributed by atoms with van der Waals surface area (Å²) >= 11 is 0. The first kappa shape index (κ1) is 20.9. The largest absolute Gasteiger partial charge is 0.346 e. The summed E-state index contributed by atoms with van der Waals surface area (Å²) < 4.78 is 0. The van der Waals surface area contributed by atoms with Crippen molar-refractivity contribution in [1.29, 1.82) is 0 Å². The van der Waals surface area contributed by atoms with Gasteiger partial charge in [0.15, 0.2) is 0 Å². The van der Waals surface area contributed by atoms with E-state index in [4.69, 9.17) is 0 Å². The minimum absolute atomic E-state index is 0.0378. The molecular weight excluding hydrogens is 390 g/mol. The van der Waals surface area contributed by atoms with Crippen LogP contribution in [0, 0.1) is 12.8 Å². The van der Waals surface area contributed by atoms with Crippen molar-refractivity contribution in [3.8, 4) is 0 Å². The number of hydrogen-bond acceptors (Lipinski definition) is 5. The number of nitrogens with one attached hydrogen (secondary N) is 2. The van der Waals surface area contributed by atoms with Gasteiger partial charge in [-0.1, -0.05) is 55.5 Å². The quantitative estimate of drug-likeness (QED) is 0.643. The van der Waals surface area contributed by atoms with E-state index in [1.165, 1.54) is 5.56 Å². The molecule has 2 aromatic carbocycles. The Bertz CT molecular complexity index is 1110. The molecule has 1 saturated heterocycles. The first-order valence-electron chi connectivity index (χ1n) is 10.6. The predicted octanol–water partition coefficient (Wildman–Crippen LogP) is 2.64. The van der Waals surface area contributed by atoms with Gasteiger partial charge in [-0.25, -0.2) is 0 Å². The molecule has 1 aliphatic heterocycles. The number of benzene rings is 2. The topological polar surface area (TPSA) is 91.0 Å². The molecule has 0 aliphatic carbocycles. The number of amides is 1. The number of H-pyrrole nitrogens is 1. The number of carbonyl (C=O) groups is 1. The van der Waals surface area contributed by atoms with Gasteiger partial charge in [0.25, 0.3) is 11.5 Å². The van der Waals surface area contributed by atoms with Gasteiger partial charge in [-0.2, -0.15) is 0 Å². The van der Waals surface area contributed by atoms with E-state index in [-0.39, 0.29) is 29.6 Å². The van der Waals surface area contributed by atoms with Crippen LogP contribution in [0.4, 0.5) is 0 Å². The van der Waals surface area contributed by atoms with Gasteiger partial charge in [0.1, 0.15) is 11.5 Å². The number of carbonyl (C=O) groups excluding carboxylic acids is 1. The van der Waals surface area contributed by atoms with Crippen LogP contribution in [0.5, 0.6) is 0 Å². The van der Waals surface area contributed by atoms with E-state index in [1.54, 1.807) is 6.07 Å². The second-order valence-electron chi connectivity index (χ2n) is 8.25. The van der Waals surface area contributed by atoms with E-state index < -0.39 is 0 Å². The number of hydrogen-bond donors (Lipinski definition) is 2. The lowest BCUT2D eigenvalue weighted by Gasteiger charge is -2.15. The van der Waals surface area contributed by atoms with E-state index in [0.717, 1.165) is 25.2 Å². The molecular formula is C24H27N5O2. The van der Waals surface area contributed by atoms with Crippen LogP contribution in [0.3, 0.4) is 0 Å². The molecule has 0 bridgehead atoms. The monoisotopic (exact) mass is 417 g/mol. The van der Waals surface area contributed by atoms with Crippen molar-refractivity contribution in [3.05, 3.63) is 93.2 Å². The molecule has 0 spiro atoms. The summed E-state index contributed by atoms with van der Waals surface area (Å²) in [5.74, 6) is 0.867. The molecule has 7 nitrogen and oxygen atoms in total. The van der Waals surface area contributed by atoms with Crippen LogP contribution in [0.25, 0.3) is 0 Å². The fraction of sp³-hybridized carbons (Fsp3) is 0.333.